The number of ether oxygens (including phenoxy) is 3. The van der Waals surface area contributed by atoms with Crippen molar-refractivity contribution < 1.29 is 19.0 Å². The van der Waals surface area contributed by atoms with Gasteiger partial charge in [0.05, 0.1) is 31.9 Å². The summed E-state index contributed by atoms with van der Waals surface area (Å²) < 4.78 is 16.4. The number of piperidine rings is 1. The Balaban J connectivity index is 1.51. The van der Waals surface area contributed by atoms with Crippen LogP contribution in [-0.4, -0.2) is 55.0 Å². The summed E-state index contributed by atoms with van der Waals surface area (Å²) in [5, 5.41) is 2.84. The van der Waals surface area contributed by atoms with Gasteiger partial charge in [0.25, 0.3) is 0 Å². The number of hydrogen-bond donors (Lipinski definition) is 0. The zero-order valence-electron chi connectivity index (χ0n) is 12.2. The maximum absolute atomic E-state index is 12.3. The zero-order valence-corrected chi connectivity index (χ0v) is 13.0. The molecule has 0 radical (unpaired) electrons. The first-order valence-electron chi connectivity index (χ1n) is 7.19. The summed E-state index contributed by atoms with van der Waals surface area (Å²) in [5.41, 5.74) is 0.825. The van der Waals surface area contributed by atoms with E-state index in [2.05, 4.69) is 4.98 Å². The maximum atomic E-state index is 12.3. The highest BCUT2D eigenvalue weighted by atomic mass is 32.1. The van der Waals surface area contributed by atoms with E-state index in [1.54, 1.807) is 7.11 Å². The Labute approximate surface area is 128 Å². The molecule has 7 heteroatoms. The van der Waals surface area contributed by atoms with E-state index >= 15 is 0 Å². The molecule has 3 rings (SSSR count). The van der Waals surface area contributed by atoms with Gasteiger partial charge >= 0.3 is 0 Å². The van der Waals surface area contributed by atoms with Crippen LogP contribution in [0.5, 0.6) is 0 Å². The molecule has 2 aliphatic heterocycles. The van der Waals surface area contributed by atoms with Gasteiger partial charge in [-0.3, -0.25) is 4.79 Å². The molecule has 0 atom stereocenters. The van der Waals surface area contributed by atoms with E-state index in [1.165, 1.54) is 11.3 Å². The van der Waals surface area contributed by atoms with Crippen molar-refractivity contribution in [3.63, 3.8) is 0 Å². The van der Waals surface area contributed by atoms with Gasteiger partial charge in [-0.15, -0.1) is 11.3 Å². The summed E-state index contributed by atoms with van der Waals surface area (Å²) in [7, 11) is 1.64. The molecule has 6 nitrogen and oxygen atoms in total. The summed E-state index contributed by atoms with van der Waals surface area (Å²) in [6.45, 7) is 3.20. The van der Waals surface area contributed by atoms with Gasteiger partial charge < -0.3 is 19.1 Å². The molecule has 3 heterocycles. The quantitative estimate of drug-likeness (QED) is 0.836. The molecule has 1 aromatic rings. The first-order valence-corrected chi connectivity index (χ1v) is 8.07. The largest absolute Gasteiger partial charge is 0.378 e. The Hall–Kier alpha value is -1.02. The van der Waals surface area contributed by atoms with Crippen molar-refractivity contribution in [2.24, 2.45) is 0 Å². The maximum Gasteiger partial charge on any atom is 0.228 e. The average molecular weight is 312 g/mol. The normalized spacial score (nSPS) is 21.1. The summed E-state index contributed by atoms with van der Waals surface area (Å²) in [5.74, 6) is -0.305. The Morgan fingerprint density at radius 3 is 2.81 bits per heavy atom. The van der Waals surface area contributed by atoms with Gasteiger partial charge in [0, 0.05) is 38.4 Å². The summed E-state index contributed by atoms with van der Waals surface area (Å²) >= 11 is 1.53. The first-order chi connectivity index (χ1) is 10.2. The molecule has 0 aliphatic carbocycles. The first kappa shape index (κ1) is 14.9. The molecule has 0 aromatic carbocycles. The lowest BCUT2D eigenvalue weighted by Gasteiger charge is -2.37. The monoisotopic (exact) mass is 312 g/mol. The molecule has 2 aliphatic rings. The highest BCUT2D eigenvalue weighted by molar-refractivity contribution is 7.09. The average Bonchev–Trinajstić information content (AvgIpc) is 3.11. The van der Waals surface area contributed by atoms with E-state index in [4.69, 9.17) is 14.2 Å². The number of hydrogen-bond acceptors (Lipinski definition) is 6. The van der Waals surface area contributed by atoms with Crippen LogP contribution in [-0.2, 0) is 32.0 Å². The number of methoxy groups -OCH3 is 1. The highest BCUT2D eigenvalue weighted by Crippen LogP contribution is 2.31. The van der Waals surface area contributed by atoms with E-state index in [0.717, 1.165) is 23.5 Å². The van der Waals surface area contributed by atoms with Gasteiger partial charge in [-0.05, 0) is 0 Å². The Morgan fingerprint density at radius 2 is 2.14 bits per heavy atom. The molecule has 0 saturated carbocycles. The fourth-order valence-corrected chi connectivity index (χ4v) is 3.53. The van der Waals surface area contributed by atoms with Crippen molar-refractivity contribution in [2.45, 2.75) is 31.7 Å². The van der Waals surface area contributed by atoms with Crippen molar-refractivity contribution in [3.05, 3.63) is 16.1 Å². The molecule has 2 fully saturated rings. The molecule has 2 saturated heterocycles. The lowest BCUT2D eigenvalue weighted by Crippen LogP contribution is -2.47. The third kappa shape index (κ3) is 3.42. The Morgan fingerprint density at radius 1 is 1.43 bits per heavy atom. The van der Waals surface area contributed by atoms with E-state index in [9.17, 15) is 4.79 Å². The van der Waals surface area contributed by atoms with Crippen LogP contribution in [0.25, 0.3) is 0 Å². The SMILES string of the molecule is COCc1nc(CC(=O)N2CCC3(CC2)OCCO3)cs1. The van der Waals surface area contributed by atoms with Gasteiger partial charge in [-0.1, -0.05) is 0 Å². The standard InChI is InChI=1S/C14H20N2O4S/c1-18-9-12-15-11(10-21-12)8-13(17)16-4-2-14(3-5-16)19-6-7-20-14/h10H,2-9H2,1H3. The van der Waals surface area contributed by atoms with E-state index in [1.807, 2.05) is 10.3 Å². The van der Waals surface area contributed by atoms with Gasteiger partial charge in [0.1, 0.15) is 5.01 Å². The van der Waals surface area contributed by atoms with Gasteiger partial charge in [-0.2, -0.15) is 0 Å². The van der Waals surface area contributed by atoms with Gasteiger partial charge in [-0.25, -0.2) is 4.98 Å². The predicted octanol–water partition coefficient (Wildman–Crippen LogP) is 1.20. The molecule has 1 amide bonds. The van der Waals surface area contributed by atoms with E-state index < -0.39 is 5.79 Å². The molecule has 0 N–H and O–H groups in total. The third-order valence-corrected chi connectivity index (χ3v) is 4.76. The molecular weight excluding hydrogens is 292 g/mol. The van der Waals surface area contributed by atoms with Crippen molar-refractivity contribution in [3.8, 4) is 0 Å². The fourth-order valence-electron chi connectivity index (χ4n) is 2.77. The highest BCUT2D eigenvalue weighted by Gasteiger charge is 2.40. The molecule has 1 aromatic heterocycles. The van der Waals surface area contributed by atoms with Crippen molar-refractivity contribution in [1.29, 1.82) is 0 Å². The number of aromatic nitrogens is 1. The topological polar surface area (TPSA) is 60.9 Å². The van der Waals surface area contributed by atoms with Crippen LogP contribution in [0.3, 0.4) is 0 Å². The van der Waals surface area contributed by atoms with Crippen molar-refractivity contribution >= 4 is 17.2 Å². The van der Waals surface area contributed by atoms with Gasteiger partial charge in [0.2, 0.25) is 5.91 Å². The molecule has 0 unspecified atom stereocenters. The van der Waals surface area contributed by atoms with Crippen LogP contribution >= 0.6 is 11.3 Å². The lowest BCUT2D eigenvalue weighted by molar-refractivity contribution is -0.187. The minimum atomic E-state index is -0.428. The molecule has 1 spiro atoms. The molecule has 21 heavy (non-hydrogen) atoms. The van der Waals surface area contributed by atoms with E-state index in [-0.39, 0.29) is 5.91 Å². The van der Waals surface area contributed by atoms with Crippen LogP contribution < -0.4 is 0 Å². The predicted molar refractivity (Wildman–Crippen MR) is 77.0 cm³/mol. The Bertz CT molecular complexity index is 489. The zero-order chi connectivity index (χ0) is 14.7. The second kappa shape index (κ2) is 6.39. The number of carbonyl (C=O) groups excluding carboxylic acids is 1. The number of nitrogens with zero attached hydrogens (tertiary/aromatic N) is 2. The third-order valence-electron chi connectivity index (χ3n) is 3.89. The minimum Gasteiger partial charge on any atom is -0.378 e. The summed E-state index contributed by atoms with van der Waals surface area (Å²) in [6.07, 6.45) is 1.87. The Kier molecular flexibility index (Phi) is 4.54. The second-order valence-electron chi connectivity index (χ2n) is 5.33. The number of amides is 1. The van der Waals surface area contributed by atoms with E-state index in [0.29, 0.717) is 39.3 Å². The smallest absolute Gasteiger partial charge is 0.228 e. The van der Waals surface area contributed by atoms with Crippen molar-refractivity contribution in [2.75, 3.05) is 33.4 Å². The van der Waals surface area contributed by atoms with Crippen LogP contribution in [0.2, 0.25) is 0 Å². The summed E-state index contributed by atoms with van der Waals surface area (Å²) in [6, 6.07) is 0. The van der Waals surface area contributed by atoms with Crippen LogP contribution in [0.1, 0.15) is 23.5 Å². The number of thiazole rings is 1. The van der Waals surface area contributed by atoms with Gasteiger partial charge in [0.15, 0.2) is 5.79 Å². The van der Waals surface area contributed by atoms with Crippen LogP contribution in [0.15, 0.2) is 5.38 Å². The molecule has 0 bridgehead atoms. The summed E-state index contributed by atoms with van der Waals surface area (Å²) in [4.78, 5) is 18.6. The fraction of sp³-hybridized carbons (Fsp3) is 0.714. The number of rotatable bonds is 4. The lowest BCUT2D eigenvalue weighted by atomic mass is 10.0. The molecular formula is C14H20N2O4S. The molecule has 116 valence electrons. The number of likely N-dealkylation sites (tertiary alicyclic amines) is 1. The van der Waals surface area contributed by atoms with Crippen LogP contribution in [0, 0.1) is 0 Å². The van der Waals surface area contributed by atoms with Crippen molar-refractivity contribution in [1.82, 2.24) is 9.88 Å². The minimum absolute atomic E-state index is 0.122. The van der Waals surface area contributed by atoms with Crippen LogP contribution in [0.4, 0.5) is 0 Å². The second-order valence-corrected chi connectivity index (χ2v) is 6.27. The number of carbonyl (C=O) groups is 1.